The van der Waals surface area contributed by atoms with E-state index in [2.05, 4.69) is 9.72 Å². The number of amides is 1. The Hall–Kier alpha value is -1.79. The normalized spacial score (nSPS) is 18.4. The van der Waals surface area contributed by atoms with E-state index < -0.39 is 18.2 Å². The summed E-state index contributed by atoms with van der Waals surface area (Å²) in [6.45, 7) is 0.491. The average Bonchev–Trinajstić information content (AvgIpc) is 3.17. The van der Waals surface area contributed by atoms with Crippen molar-refractivity contribution in [2.75, 3.05) is 6.61 Å². The van der Waals surface area contributed by atoms with Gasteiger partial charge in [-0.2, -0.15) is 13.2 Å². The van der Waals surface area contributed by atoms with Gasteiger partial charge in [0.05, 0.1) is 11.6 Å². The number of primary amides is 1. The van der Waals surface area contributed by atoms with Crippen molar-refractivity contribution in [3.05, 3.63) is 24.0 Å². The zero-order chi connectivity index (χ0) is 15.0. The highest BCUT2D eigenvalue weighted by molar-refractivity contribution is 5.84. The fourth-order valence-corrected chi connectivity index (χ4v) is 2.21. The minimum absolute atomic E-state index is 0.0437. The van der Waals surface area contributed by atoms with Gasteiger partial charge in [-0.25, -0.2) is 0 Å². The van der Waals surface area contributed by atoms with Gasteiger partial charge in [0.2, 0.25) is 5.91 Å². The third-order valence-corrected chi connectivity index (χ3v) is 3.71. The van der Waals surface area contributed by atoms with Crippen LogP contribution in [0.4, 0.5) is 13.2 Å². The molecule has 1 saturated carbocycles. The first kappa shape index (κ1) is 14.6. The van der Waals surface area contributed by atoms with Crippen molar-refractivity contribution in [3.8, 4) is 5.75 Å². The first-order chi connectivity index (χ1) is 9.24. The number of carbonyl (C=O) groups is 1. The van der Waals surface area contributed by atoms with Gasteiger partial charge in [-0.05, 0) is 25.0 Å². The number of nitrogens with two attached hydrogens (primary N) is 1. The van der Waals surface area contributed by atoms with Crippen molar-refractivity contribution in [1.29, 1.82) is 0 Å². The summed E-state index contributed by atoms with van der Waals surface area (Å²) in [7, 11) is 0. The number of carbonyl (C=O) groups excluding carboxylic acids is 1. The van der Waals surface area contributed by atoms with E-state index in [9.17, 15) is 18.0 Å². The first-order valence-electron chi connectivity index (χ1n) is 6.20. The van der Waals surface area contributed by atoms with E-state index in [4.69, 9.17) is 5.73 Å². The second-order valence-electron chi connectivity index (χ2n) is 5.06. The Bertz CT molecular complexity index is 495. The number of alkyl halides is 3. The van der Waals surface area contributed by atoms with Gasteiger partial charge in [0, 0.05) is 11.6 Å². The lowest BCUT2D eigenvalue weighted by molar-refractivity contribution is -0.153. The SMILES string of the molecule is CC(c1ccc(OCC(F)(F)F)cn1)C1(C(N)=O)CC1. The van der Waals surface area contributed by atoms with Crippen LogP contribution in [0.3, 0.4) is 0 Å². The second-order valence-corrected chi connectivity index (χ2v) is 5.06. The summed E-state index contributed by atoms with van der Waals surface area (Å²) in [5.74, 6) is -0.469. The molecule has 1 aliphatic rings. The van der Waals surface area contributed by atoms with Crippen LogP contribution in [0.1, 0.15) is 31.4 Å². The van der Waals surface area contributed by atoms with Crippen LogP contribution in [0.25, 0.3) is 0 Å². The Kier molecular flexibility index (Phi) is 3.62. The molecule has 7 heteroatoms. The molecule has 2 rings (SSSR count). The molecule has 4 nitrogen and oxygen atoms in total. The summed E-state index contributed by atoms with van der Waals surface area (Å²) in [6, 6.07) is 2.99. The lowest BCUT2D eigenvalue weighted by Crippen LogP contribution is -2.29. The summed E-state index contributed by atoms with van der Waals surface area (Å²) in [6.07, 6.45) is -1.71. The molecule has 1 amide bonds. The minimum atomic E-state index is -4.38. The number of rotatable bonds is 5. The molecule has 0 aliphatic heterocycles. The Morgan fingerprint density at radius 2 is 2.15 bits per heavy atom. The van der Waals surface area contributed by atoms with E-state index in [1.165, 1.54) is 12.3 Å². The van der Waals surface area contributed by atoms with Gasteiger partial charge in [-0.1, -0.05) is 6.92 Å². The third kappa shape index (κ3) is 3.02. The molecule has 1 atom stereocenters. The van der Waals surface area contributed by atoms with E-state index >= 15 is 0 Å². The topological polar surface area (TPSA) is 65.2 Å². The minimum Gasteiger partial charge on any atom is -0.483 e. The number of nitrogens with zero attached hydrogens (tertiary/aromatic N) is 1. The van der Waals surface area contributed by atoms with Crippen LogP contribution in [0.2, 0.25) is 0 Å². The molecule has 110 valence electrons. The lowest BCUT2D eigenvalue weighted by Gasteiger charge is -2.19. The van der Waals surface area contributed by atoms with Gasteiger partial charge in [0.15, 0.2) is 6.61 Å². The van der Waals surface area contributed by atoms with Crippen LogP contribution >= 0.6 is 0 Å². The largest absolute Gasteiger partial charge is 0.483 e. The van der Waals surface area contributed by atoms with Crippen molar-refractivity contribution in [3.63, 3.8) is 0 Å². The molecule has 20 heavy (non-hydrogen) atoms. The molecular formula is C13H15F3N2O2. The molecular weight excluding hydrogens is 273 g/mol. The third-order valence-electron chi connectivity index (χ3n) is 3.71. The molecule has 1 unspecified atom stereocenters. The van der Waals surface area contributed by atoms with Crippen LogP contribution in [-0.4, -0.2) is 23.7 Å². The molecule has 2 N–H and O–H groups in total. The van der Waals surface area contributed by atoms with Crippen LogP contribution in [-0.2, 0) is 4.79 Å². The number of aromatic nitrogens is 1. The van der Waals surface area contributed by atoms with E-state index in [0.29, 0.717) is 5.69 Å². The van der Waals surface area contributed by atoms with Crippen LogP contribution < -0.4 is 10.5 Å². The zero-order valence-corrected chi connectivity index (χ0v) is 10.9. The van der Waals surface area contributed by atoms with E-state index in [1.807, 2.05) is 6.92 Å². The van der Waals surface area contributed by atoms with E-state index in [0.717, 1.165) is 12.8 Å². The number of halogens is 3. The fraction of sp³-hybridized carbons (Fsp3) is 0.538. The van der Waals surface area contributed by atoms with E-state index in [1.54, 1.807) is 6.07 Å². The number of ether oxygens (including phenoxy) is 1. The molecule has 1 aromatic heterocycles. The Balaban J connectivity index is 2.03. The standard InChI is InChI=1S/C13H15F3N2O2/c1-8(12(4-5-12)11(17)19)10-3-2-9(6-18-10)20-7-13(14,15)16/h2-3,6,8H,4-5,7H2,1H3,(H2,17,19). The summed E-state index contributed by atoms with van der Waals surface area (Å²) in [5.41, 5.74) is 5.45. The maximum Gasteiger partial charge on any atom is 0.422 e. The maximum absolute atomic E-state index is 12.0. The van der Waals surface area contributed by atoms with Crippen LogP contribution in [0.15, 0.2) is 18.3 Å². The van der Waals surface area contributed by atoms with Gasteiger partial charge in [-0.15, -0.1) is 0 Å². The fourth-order valence-electron chi connectivity index (χ4n) is 2.21. The zero-order valence-electron chi connectivity index (χ0n) is 10.9. The highest BCUT2D eigenvalue weighted by Crippen LogP contribution is 2.55. The number of pyridine rings is 1. The highest BCUT2D eigenvalue weighted by atomic mass is 19.4. The van der Waals surface area contributed by atoms with Gasteiger partial charge >= 0.3 is 6.18 Å². The lowest BCUT2D eigenvalue weighted by atomic mass is 9.87. The number of hydrogen-bond acceptors (Lipinski definition) is 3. The average molecular weight is 288 g/mol. The van der Waals surface area contributed by atoms with Crippen LogP contribution in [0, 0.1) is 5.41 Å². The quantitative estimate of drug-likeness (QED) is 0.904. The molecule has 1 aromatic rings. The van der Waals surface area contributed by atoms with Crippen molar-refractivity contribution in [2.24, 2.45) is 11.1 Å². The summed E-state index contributed by atoms with van der Waals surface area (Å²) in [5, 5.41) is 0. The monoisotopic (exact) mass is 288 g/mol. The first-order valence-corrected chi connectivity index (χ1v) is 6.20. The Morgan fingerprint density at radius 1 is 1.50 bits per heavy atom. The molecule has 1 fully saturated rings. The Morgan fingerprint density at radius 3 is 2.55 bits per heavy atom. The second kappa shape index (κ2) is 4.96. The van der Waals surface area contributed by atoms with Crippen molar-refractivity contribution in [2.45, 2.75) is 31.9 Å². The van der Waals surface area contributed by atoms with Crippen LogP contribution in [0.5, 0.6) is 5.75 Å². The van der Waals surface area contributed by atoms with E-state index in [-0.39, 0.29) is 17.6 Å². The maximum atomic E-state index is 12.0. The molecule has 0 saturated heterocycles. The smallest absolute Gasteiger partial charge is 0.422 e. The predicted octanol–water partition coefficient (Wildman–Crippen LogP) is 2.39. The molecule has 1 heterocycles. The predicted molar refractivity (Wildman–Crippen MR) is 65.1 cm³/mol. The molecule has 1 aliphatic carbocycles. The van der Waals surface area contributed by atoms with Crippen molar-refractivity contribution < 1.29 is 22.7 Å². The van der Waals surface area contributed by atoms with Gasteiger partial charge < -0.3 is 10.5 Å². The van der Waals surface area contributed by atoms with Crippen molar-refractivity contribution in [1.82, 2.24) is 4.98 Å². The van der Waals surface area contributed by atoms with Crippen molar-refractivity contribution >= 4 is 5.91 Å². The molecule has 0 bridgehead atoms. The molecule has 0 aromatic carbocycles. The molecule has 0 spiro atoms. The highest BCUT2D eigenvalue weighted by Gasteiger charge is 2.53. The summed E-state index contributed by atoms with van der Waals surface area (Å²) >= 11 is 0. The molecule has 0 radical (unpaired) electrons. The number of hydrogen-bond donors (Lipinski definition) is 1. The summed E-state index contributed by atoms with van der Waals surface area (Å²) < 4.78 is 40.6. The summed E-state index contributed by atoms with van der Waals surface area (Å²) in [4.78, 5) is 15.5. The van der Waals surface area contributed by atoms with Gasteiger partial charge in [0.25, 0.3) is 0 Å². The van der Waals surface area contributed by atoms with Gasteiger partial charge in [-0.3, -0.25) is 9.78 Å². The Labute approximate surface area is 114 Å². The van der Waals surface area contributed by atoms with Gasteiger partial charge in [0.1, 0.15) is 5.75 Å².